The Morgan fingerprint density at radius 2 is 2.08 bits per heavy atom. The smallest absolute Gasteiger partial charge is 0.331 e. The van der Waals surface area contributed by atoms with Crippen LogP contribution in [0.1, 0.15) is 22.8 Å². The van der Waals surface area contributed by atoms with Gasteiger partial charge in [0.1, 0.15) is 5.75 Å². The van der Waals surface area contributed by atoms with Crippen molar-refractivity contribution in [3.05, 3.63) is 64.4 Å². The van der Waals surface area contributed by atoms with Gasteiger partial charge in [-0.05, 0) is 43.7 Å². The summed E-state index contributed by atoms with van der Waals surface area (Å²) in [5.41, 5.74) is 0.818. The zero-order valence-electron chi connectivity index (χ0n) is 13.6. The van der Waals surface area contributed by atoms with Crippen LogP contribution in [0.3, 0.4) is 0 Å². The number of hydrogen-bond acceptors (Lipinski definition) is 6. The molecule has 0 aliphatic rings. The molecule has 0 saturated carbocycles. The molecular formula is C17H15N3O5. The van der Waals surface area contributed by atoms with Crippen LogP contribution < -0.4 is 10.1 Å². The van der Waals surface area contributed by atoms with Crippen molar-refractivity contribution >= 4 is 23.1 Å². The lowest BCUT2D eigenvalue weighted by molar-refractivity contribution is -0.386. The van der Waals surface area contributed by atoms with Crippen molar-refractivity contribution < 1.29 is 19.2 Å². The normalized spacial score (nSPS) is 10.0. The summed E-state index contributed by atoms with van der Waals surface area (Å²) in [6.07, 6.45) is 2.51. The fourth-order valence-corrected chi connectivity index (χ4v) is 2.03. The minimum atomic E-state index is -0.597. The number of benzene rings is 1. The number of nitrogens with zero attached hydrogens (tertiary/aromatic N) is 2. The van der Waals surface area contributed by atoms with Crippen molar-refractivity contribution in [1.82, 2.24) is 4.98 Å². The monoisotopic (exact) mass is 341 g/mol. The van der Waals surface area contributed by atoms with Crippen molar-refractivity contribution in [2.45, 2.75) is 13.8 Å². The fraction of sp³-hybridized carbons (Fsp3) is 0.118. The number of ketones is 1. The van der Waals surface area contributed by atoms with Gasteiger partial charge in [-0.25, -0.2) is 4.98 Å². The number of carbonyl (C=O) groups excluding carboxylic acids is 2. The molecule has 1 N–H and O–H groups in total. The average molecular weight is 341 g/mol. The molecule has 0 unspecified atom stereocenters. The average Bonchev–Trinajstić information content (AvgIpc) is 2.57. The van der Waals surface area contributed by atoms with E-state index in [0.717, 1.165) is 6.08 Å². The number of aromatic nitrogens is 1. The quantitative estimate of drug-likeness (QED) is 0.373. The third-order valence-corrected chi connectivity index (χ3v) is 3.19. The summed E-state index contributed by atoms with van der Waals surface area (Å²) in [6.45, 7) is 6.35. The number of hydrogen-bond donors (Lipinski definition) is 1. The largest absolute Gasteiger partial charge is 0.434 e. The van der Waals surface area contributed by atoms with Gasteiger partial charge in [0.25, 0.3) is 5.88 Å². The summed E-state index contributed by atoms with van der Waals surface area (Å²) in [6, 6.07) is 5.66. The van der Waals surface area contributed by atoms with Crippen molar-refractivity contribution in [2.24, 2.45) is 0 Å². The first-order chi connectivity index (χ1) is 11.8. The number of nitrogens with one attached hydrogen (secondary N) is 1. The van der Waals surface area contributed by atoms with Crippen molar-refractivity contribution in [3.63, 3.8) is 0 Å². The van der Waals surface area contributed by atoms with Gasteiger partial charge < -0.3 is 10.1 Å². The van der Waals surface area contributed by atoms with Gasteiger partial charge in [0.15, 0.2) is 5.78 Å². The molecule has 0 radical (unpaired) electrons. The highest BCUT2D eigenvalue weighted by atomic mass is 16.6. The van der Waals surface area contributed by atoms with E-state index >= 15 is 0 Å². The predicted octanol–water partition coefficient (Wildman–Crippen LogP) is 3.42. The van der Waals surface area contributed by atoms with E-state index in [1.165, 1.54) is 37.4 Å². The standard InChI is InChI=1S/C17H15N3O5/c1-4-16(22)19-14-6-5-12(8-13(14)11(3)21)25-17-15(20(23)24)7-10(2)9-18-17/h4-9H,1H2,2-3H3,(H,19,22). The van der Waals surface area contributed by atoms with Crippen LogP contribution in [0.4, 0.5) is 11.4 Å². The molecule has 0 bridgehead atoms. The number of ether oxygens (including phenoxy) is 1. The Morgan fingerprint density at radius 1 is 1.36 bits per heavy atom. The van der Waals surface area contributed by atoms with Gasteiger partial charge in [0.2, 0.25) is 5.91 Å². The van der Waals surface area contributed by atoms with Crippen LogP contribution >= 0.6 is 0 Å². The molecule has 8 nitrogen and oxygen atoms in total. The maximum Gasteiger partial charge on any atom is 0.331 e. The molecule has 1 heterocycles. The second-order valence-electron chi connectivity index (χ2n) is 5.15. The van der Waals surface area contributed by atoms with Gasteiger partial charge >= 0.3 is 5.69 Å². The topological polar surface area (TPSA) is 111 Å². The highest BCUT2D eigenvalue weighted by Crippen LogP contribution is 2.31. The molecule has 128 valence electrons. The minimum Gasteiger partial charge on any atom is -0.434 e. The predicted molar refractivity (Wildman–Crippen MR) is 91.0 cm³/mol. The summed E-state index contributed by atoms with van der Waals surface area (Å²) in [7, 11) is 0. The molecule has 2 rings (SSSR count). The SMILES string of the molecule is C=CC(=O)Nc1ccc(Oc2ncc(C)cc2[N+](=O)[O-])cc1C(C)=O. The molecule has 25 heavy (non-hydrogen) atoms. The molecule has 0 aliphatic carbocycles. The van der Waals surface area contributed by atoms with Crippen LogP contribution in [0.2, 0.25) is 0 Å². The highest BCUT2D eigenvalue weighted by Gasteiger charge is 2.19. The number of nitro groups is 1. The van der Waals surface area contributed by atoms with E-state index in [4.69, 9.17) is 4.74 Å². The maximum absolute atomic E-state index is 11.8. The molecule has 1 amide bonds. The van der Waals surface area contributed by atoms with Gasteiger partial charge in [-0.2, -0.15) is 0 Å². The van der Waals surface area contributed by atoms with E-state index in [1.54, 1.807) is 6.92 Å². The van der Waals surface area contributed by atoms with Crippen LogP contribution in [0, 0.1) is 17.0 Å². The van der Waals surface area contributed by atoms with Crippen LogP contribution in [-0.4, -0.2) is 21.6 Å². The lowest BCUT2D eigenvalue weighted by Gasteiger charge is -2.11. The van der Waals surface area contributed by atoms with Crippen LogP contribution in [0.15, 0.2) is 43.1 Å². The van der Waals surface area contributed by atoms with Gasteiger partial charge in [-0.15, -0.1) is 0 Å². The number of rotatable bonds is 6. The molecule has 0 spiro atoms. The first-order valence-corrected chi connectivity index (χ1v) is 7.19. The Balaban J connectivity index is 2.40. The highest BCUT2D eigenvalue weighted by molar-refractivity contribution is 6.06. The number of pyridine rings is 1. The fourth-order valence-electron chi connectivity index (χ4n) is 2.03. The lowest BCUT2D eigenvalue weighted by atomic mass is 10.1. The van der Waals surface area contributed by atoms with Crippen LogP contribution in [0.25, 0.3) is 0 Å². The number of amides is 1. The summed E-state index contributed by atoms with van der Waals surface area (Å²) in [4.78, 5) is 37.7. The number of carbonyl (C=O) groups is 2. The first kappa shape index (κ1) is 17.8. The molecule has 0 atom stereocenters. The van der Waals surface area contributed by atoms with Crippen molar-refractivity contribution in [1.29, 1.82) is 0 Å². The number of Topliss-reactive ketones (excluding diaryl/α,β-unsaturated/α-hetero) is 1. The Morgan fingerprint density at radius 3 is 2.68 bits per heavy atom. The zero-order chi connectivity index (χ0) is 18.6. The Kier molecular flexibility index (Phi) is 5.23. The molecule has 0 fully saturated rings. The zero-order valence-corrected chi connectivity index (χ0v) is 13.6. The van der Waals surface area contributed by atoms with Gasteiger partial charge in [0.05, 0.1) is 10.6 Å². The molecule has 0 aliphatic heterocycles. The summed E-state index contributed by atoms with van der Waals surface area (Å²) in [5, 5.41) is 13.6. The minimum absolute atomic E-state index is 0.182. The van der Waals surface area contributed by atoms with Crippen molar-refractivity contribution in [2.75, 3.05) is 5.32 Å². The molecule has 0 saturated heterocycles. The number of anilines is 1. The molecule has 1 aromatic carbocycles. The molecular weight excluding hydrogens is 326 g/mol. The second kappa shape index (κ2) is 7.35. The Hall–Kier alpha value is -3.55. The Labute approximate surface area is 143 Å². The van der Waals surface area contributed by atoms with Gasteiger partial charge in [-0.3, -0.25) is 19.7 Å². The molecule has 1 aromatic heterocycles. The third-order valence-electron chi connectivity index (χ3n) is 3.19. The number of aryl methyl sites for hydroxylation is 1. The van der Waals surface area contributed by atoms with Gasteiger partial charge in [0, 0.05) is 17.8 Å². The van der Waals surface area contributed by atoms with Crippen LogP contribution in [0.5, 0.6) is 11.6 Å². The molecule has 8 heteroatoms. The third kappa shape index (κ3) is 4.25. The van der Waals surface area contributed by atoms with E-state index in [1.807, 2.05) is 0 Å². The lowest BCUT2D eigenvalue weighted by Crippen LogP contribution is -2.11. The summed E-state index contributed by atoms with van der Waals surface area (Å²) < 4.78 is 5.47. The first-order valence-electron chi connectivity index (χ1n) is 7.19. The van der Waals surface area contributed by atoms with E-state index in [-0.39, 0.29) is 34.4 Å². The van der Waals surface area contributed by atoms with E-state index in [2.05, 4.69) is 16.9 Å². The second-order valence-corrected chi connectivity index (χ2v) is 5.15. The summed E-state index contributed by atoms with van der Waals surface area (Å²) in [5.74, 6) is -0.780. The molecule has 2 aromatic rings. The van der Waals surface area contributed by atoms with Crippen molar-refractivity contribution in [3.8, 4) is 11.6 Å². The Bertz CT molecular complexity index is 877. The maximum atomic E-state index is 11.8. The van der Waals surface area contributed by atoms with Crippen LogP contribution in [-0.2, 0) is 4.79 Å². The van der Waals surface area contributed by atoms with Gasteiger partial charge in [-0.1, -0.05) is 6.58 Å². The summed E-state index contributed by atoms with van der Waals surface area (Å²) >= 11 is 0. The van der Waals surface area contributed by atoms with E-state index in [0.29, 0.717) is 5.56 Å². The van der Waals surface area contributed by atoms with E-state index in [9.17, 15) is 19.7 Å². The van der Waals surface area contributed by atoms with E-state index < -0.39 is 10.8 Å².